The van der Waals surface area contributed by atoms with Gasteiger partial charge in [-0.25, -0.2) is 8.42 Å². The molecule has 0 atom stereocenters. The number of nitrogens with one attached hydrogen (secondary N) is 1. The standard InChI is InChI=1S/C12H13ClN2O3S/c13-10-2-1-9-7-12(18-11(9)8-10)19(16,17)15-5-3-14-4-6-15/h1-2,7-8,14H,3-6H2. The van der Waals surface area contributed by atoms with Crippen molar-refractivity contribution in [2.75, 3.05) is 26.2 Å². The molecule has 1 fully saturated rings. The van der Waals surface area contributed by atoms with Gasteiger partial charge in [-0.15, -0.1) is 0 Å². The zero-order chi connectivity index (χ0) is 13.5. The van der Waals surface area contributed by atoms with Gasteiger partial charge >= 0.3 is 0 Å². The molecule has 19 heavy (non-hydrogen) atoms. The maximum absolute atomic E-state index is 12.4. The summed E-state index contributed by atoms with van der Waals surface area (Å²) in [5.41, 5.74) is 0.487. The van der Waals surface area contributed by atoms with Gasteiger partial charge in [0.05, 0.1) is 0 Å². The predicted octanol–water partition coefficient (Wildman–Crippen LogP) is 1.68. The van der Waals surface area contributed by atoms with Crippen LogP contribution in [0.2, 0.25) is 5.02 Å². The molecule has 0 radical (unpaired) electrons. The van der Waals surface area contributed by atoms with Crippen LogP contribution in [0.4, 0.5) is 0 Å². The van der Waals surface area contributed by atoms with E-state index in [1.165, 1.54) is 4.31 Å². The molecule has 1 aromatic heterocycles. The first-order valence-corrected chi connectivity index (χ1v) is 7.79. The summed E-state index contributed by atoms with van der Waals surface area (Å²) < 4.78 is 31.7. The van der Waals surface area contributed by atoms with Gasteiger partial charge in [0.2, 0.25) is 5.09 Å². The van der Waals surface area contributed by atoms with Gasteiger partial charge in [-0.1, -0.05) is 11.6 Å². The summed E-state index contributed by atoms with van der Waals surface area (Å²) in [5, 5.41) is 4.35. The van der Waals surface area contributed by atoms with Crippen molar-refractivity contribution in [3.8, 4) is 0 Å². The summed E-state index contributed by atoms with van der Waals surface area (Å²) in [4.78, 5) is 0. The van der Waals surface area contributed by atoms with Crippen molar-refractivity contribution in [1.82, 2.24) is 9.62 Å². The third-order valence-corrected chi connectivity index (χ3v) is 5.12. The molecule has 102 valence electrons. The molecule has 0 bridgehead atoms. The van der Waals surface area contributed by atoms with Crippen molar-refractivity contribution < 1.29 is 12.8 Å². The minimum Gasteiger partial charge on any atom is -0.443 e. The molecule has 3 rings (SSSR count). The molecule has 7 heteroatoms. The predicted molar refractivity (Wildman–Crippen MR) is 72.9 cm³/mol. The number of piperazine rings is 1. The second-order valence-electron chi connectivity index (χ2n) is 4.40. The molecule has 2 aromatic rings. The summed E-state index contributed by atoms with van der Waals surface area (Å²) in [7, 11) is -3.55. The number of nitrogens with zero attached hydrogens (tertiary/aromatic N) is 1. The average molecular weight is 301 g/mol. The van der Waals surface area contributed by atoms with Crippen molar-refractivity contribution in [2.24, 2.45) is 0 Å². The Labute approximate surface area is 116 Å². The van der Waals surface area contributed by atoms with Gasteiger partial charge in [0.1, 0.15) is 5.58 Å². The molecule has 0 spiro atoms. The lowest BCUT2D eigenvalue weighted by Gasteiger charge is -2.25. The van der Waals surface area contributed by atoms with Crippen LogP contribution in [0.5, 0.6) is 0 Å². The van der Waals surface area contributed by atoms with Crippen LogP contribution in [0.25, 0.3) is 11.0 Å². The number of hydrogen-bond donors (Lipinski definition) is 1. The first-order chi connectivity index (χ1) is 9.07. The Morgan fingerprint density at radius 2 is 1.95 bits per heavy atom. The topological polar surface area (TPSA) is 62.6 Å². The number of benzene rings is 1. The second kappa shape index (κ2) is 4.79. The molecule has 2 heterocycles. The first kappa shape index (κ1) is 12.9. The highest BCUT2D eigenvalue weighted by Crippen LogP contribution is 2.27. The van der Waals surface area contributed by atoms with Crippen LogP contribution in [-0.2, 0) is 10.0 Å². The van der Waals surface area contributed by atoms with E-state index in [0.717, 1.165) is 5.39 Å². The molecule has 1 saturated heterocycles. The van der Waals surface area contributed by atoms with Gasteiger partial charge in [0.15, 0.2) is 0 Å². The Morgan fingerprint density at radius 3 is 2.68 bits per heavy atom. The van der Waals surface area contributed by atoms with Crippen LogP contribution in [0.1, 0.15) is 0 Å². The summed E-state index contributed by atoms with van der Waals surface area (Å²) >= 11 is 5.86. The molecule has 1 aromatic carbocycles. The van der Waals surface area contributed by atoms with Gasteiger partial charge in [0.25, 0.3) is 10.0 Å². The molecule has 0 amide bonds. The molecule has 0 aliphatic carbocycles. The molecule has 1 aliphatic heterocycles. The third-order valence-electron chi connectivity index (χ3n) is 3.13. The van der Waals surface area contributed by atoms with Gasteiger partial charge < -0.3 is 9.73 Å². The Bertz CT molecular complexity index is 705. The normalized spacial score (nSPS) is 17.9. The van der Waals surface area contributed by atoms with E-state index in [1.807, 2.05) is 0 Å². The fourth-order valence-corrected chi connectivity index (χ4v) is 3.67. The number of furan rings is 1. The van der Waals surface area contributed by atoms with Crippen molar-refractivity contribution in [3.63, 3.8) is 0 Å². The molecule has 0 saturated carbocycles. The summed E-state index contributed by atoms with van der Waals surface area (Å²) in [6.07, 6.45) is 0. The summed E-state index contributed by atoms with van der Waals surface area (Å²) in [5.74, 6) is 0. The lowest BCUT2D eigenvalue weighted by molar-refractivity contribution is 0.347. The third kappa shape index (κ3) is 2.36. The highest BCUT2D eigenvalue weighted by atomic mass is 35.5. The zero-order valence-electron chi connectivity index (χ0n) is 10.1. The van der Waals surface area contributed by atoms with Gasteiger partial charge in [-0.3, -0.25) is 0 Å². The van der Waals surface area contributed by atoms with Crippen LogP contribution < -0.4 is 5.32 Å². The lowest BCUT2D eigenvalue weighted by atomic mass is 10.3. The SMILES string of the molecule is O=S(=O)(c1cc2ccc(Cl)cc2o1)N1CCNCC1. The van der Waals surface area contributed by atoms with Crippen molar-refractivity contribution in [2.45, 2.75) is 5.09 Å². The molecule has 1 N–H and O–H groups in total. The van der Waals surface area contributed by atoms with E-state index in [2.05, 4.69) is 5.32 Å². The number of sulfonamides is 1. The first-order valence-electron chi connectivity index (χ1n) is 5.97. The summed E-state index contributed by atoms with van der Waals surface area (Å²) in [6, 6.07) is 6.62. The second-order valence-corrected chi connectivity index (χ2v) is 6.71. The van der Waals surface area contributed by atoms with E-state index in [4.69, 9.17) is 16.0 Å². The number of rotatable bonds is 2. The number of fused-ring (bicyclic) bond motifs is 1. The number of halogens is 1. The van der Waals surface area contributed by atoms with E-state index in [1.54, 1.807) is 24.3 Å². The molecule has 1 aliphatic rings. The Morgan fingerprint density at radius 1 is 1.21 bits per heavy atom. The largest absolute Gasteiger partial charge is 0.443 e. The van der Waals surface area contributed by atoms with Crippen molar-refractivity contribution >= 4 is 32.6 Å². The zero-order valence-corrected chi connectivity index (χ0v) is 11.7. The Kier molecular flexibility index (Phi) is 3.26. The lowest BCUT2D eigenvalue weighted by Crippen LogP contribution is -2.46. The van der Waals surface area contributed by atoms with Crippen LogP contribution in [-0.4, -0.2) is 38.9 Å². The number of hydrogen-bond acceptors (Lipinski definition) is 4. The van der Waals surface area contributed by atoms with Crippen LogP contribution in [0, 0.1) is 0 Å². The van der Waals surface area contributed by atoms with Crippen LogP contribution in [0.3, 0.4) is 0 Å². The smallest absolute Gasteiger partial charge is 0.276 e. The highest BCUT2D eigenvalue weighted by molar-refractivity contribution is 7.89. The van der Waals surface area contributed by atoms with Crippen molar-refractivity contribution in [1.29, 1.82) is 0 Å². The monoisotopic (exact) mass is 300 g/mol. The molecular weight excluding hydrogens is 288 g/mol. The minimum atomic E-state index is -3.55. The Hall–Kier alpha value is -1.08. The maximum Gasteiger partial charge on any atom is 0.276 e. The van der Waals surface area contributed by atoms with E-state index in [-0.39, 0.29) is 5.09 Å². The van der Waals surface area contributed by atoms with Gasteiger partial charge in [-0.05, 0) is 12.1 Å². The van der Waals surface area contributed by atoms with Crippen LogP contribution in [0.15, 0.2) is 33.8 Å². The van der Waals surface area contributed by atoms with E-state index >= 15 is 0 Å². The molecule has 5 nitrogen and oxygen atoms in total. The molecule has 0 unspecified atom stereocenters. The Balaban J connectivity index is 2.02. The minimum absolute atomic E-state index is 0.0216. The van der Waals surface area contributed by atoms with Gasteiger partial charge in [-0.2, -0.15) is 4.31 Å². The maximum atomic E-state index is 12.4. The molecular formula is C12H13ClN2O3S. The fraction of sp³-hybridized carbons (Fsp3) is 0.333. The van der Waals surface area contributed by atoms with Crippen molar-refractivity contribution in [3.05, 3.63) is 29.3 Å². The highest BCUT2D eigenvalue weighted by Gasteiger charge is 2.29. The van der Waals surface area contributed by atoms with E-state index in [0.29, 0.717) is 36.8 Å². The van der Waals surface area contributed by atoms with E-state index < -0.39 is 10.0 Å². The van der Waals surface area contributed by atoms with Gasteiger partial charge in [0, 0.05) is 48.7 Å². The fourth-order valence-electron chi connectivity index (χ4n) is 2.12. The quantitative estimate of drug-likeness (QED) is 0.916. The van der Waals surface area contributed by atoms with Crippen LogP contribution >= 0.6 is 11.6 Å². The average Bonchev–Trinajstić information content (AvgIpc) is 2.83. The van der Waals surface area contributed by atoms with E-state index in [9.17, 15) is 8.42 Å². The summed E-state index contributed by atoms with van der Waals surface area (Å²) in [6.45, 7) is 2.23.